The lowest BCUT2D eigenvalue weighted by Crippen LogP contribution is -1.82. The van der Waals surface area contributed by atoms with Gasteiger partial charge >= 0.3 is 0 Å². The first-order chi connectivity index (χ1) is 9.19. The van der Waals surface area contributed by atoms with E-state index in [1.165, 1.54) is 0 Å². The molecule has 2 N–H and O–H groups in total. The highest BCUT2D eigenvalue weighted by molar-refractivity contribution is 9.10. The fourth-order valence-electron chi connectivity index (χ4n) is 1.39. The molecule has 0 unspecified atom stereocenters. The van der Waals surface area contributed by atoms with E-state index in [0.717, 1.165) is 21.2 Å². The zero-order chi connectivity index (χ0) is 14.1. The van der Waals surface area contributed by atoms with Crippen molar-refractivity contribution in [3.05, 3.63) is 69.7 Å². The van der Waals surface area contributed by atoms with Crippen LogP contribution in [0.25, 0.3) is 0 Å². The number of rotatable bonds is 2. The van der Waals surface area contributed by atoms with Crippen molar-refractivity contribution in [1.82, 2.24) is 0 Å². The molecular formula is C16H15BrO2. The number of terminal acetylenes is 1. The second-order valence-electron chi connectivity index (χ2n) is 3.79. The van der Waals surface area contributed by atoms with E-state index < -0.39 is 0 Å². The van der Waals surface area contributed by atoms with Crippen LogP contribution in [0.3, 0.4) is 0 Å². The molecule has 0 aliphatic carbocycles. The van der Waals surface area contributed by atoms with Gasteiger partial charge in [0.05, 0.1) is 13.2 Å². The number of hydrogen-bond donors (Lipinski definition) is 2. The molecule has 2 aromatic carbocycles. The molecular weight excluding hydrogens is 304 g/mol. The Morgan fingerprint density at radius 1 is 0.947 bits per heavy atom. The van der Waals surface area contributed by atoms with E-state index in [4.69, 9.17) is 16.6 Å². The summed E-state index contributed by atoms with van der Waals surface area (Å²) < 4.78 is 1.01. The Labute approximate surface area is 121 Å². The molecule has 0 saturated heterocycles. The topological polar surface area (TPSA) is 40.5 Å². The van der Waals surface area contributed by atoms with Crippen LogP contribution in [-0.2, 0) is 13.2 Å². The molecule has 3 heteroatoms. The predicted octanol–water partition coefficient (Wildman–Crippen LogP) is 3.10. The molecule has 2 aromatic rings. The largest absolute Gasteiger partial charge is 0.392 e. The Bertz CT molecular complexity index is 559. The number of aliphatic hydroxyl groups excluding tert-OH is 2. The number of benzene rings is 2. The second-order valence-corrected chi connectivity index (χ2v) is 4.71. The molecule has 0 bridgehead atoms. The smallest absolute Gasteiger partial charge is 0.0682 e. The van der Waals surface area contributed by atoms with Gasteiger partial charge in [-0.3, -0.25) is 0 Å². The van der Waals surface area contributed by atoms with Crippen LogP contribution in [0.1, 0.15) is 16.7 Å². The van der Waals surface area contributed by atoms with Crippen LogP contribution in [0.5, 0.6) is 0 Å². The van der Waals surface area contributed by atoms with E-state index >= 15 is 0 Å². The molecule has 2 nitrogen and oxygen atoms in total. The Balaban J connectivity index is 0.000000191. The molecule has 0 amide bonds. The van der Waals surface area contributed by atoms with Gasteiger partial charge < -0.3 is 10.2 Å². The third-order valence-electron chi connectivity index (χ3n) is 2.35. The molecule has 0 radical (unpaired) electrons. The maximum atomic E-state index is 8.69. The number of hydrogen-bond acceptors (Lipinski definition) is 2. The zero-order valence-electron chi connectivity index (χ0n) is 10.4. The van der Waals surface area contributed by atoms with E-state index in [9.17, 15) is 0 Å². The highest BCUT2D eigenvalue weighted by Gasteiger charge is 1.89. The van der Waals surface area contributed by atoms with E-state index in [2.05, 4.69) is 21.9 Å². The van der Waals surface area contributed by atoms with Crippen molar-refractivity contribution < 1.29 is 10.2 Å². The summed E-state index contributed by atoms with van der Waals surface area (Å²) in [4.78, 5) is 0. The SMILES string of the molecule is C#Cc1cccc(CO)c1.OCc1cccc(Br)c1. The average Bonchev–Trinajstić information content (AvgIpc) is 2.48. The van der Waals surface area contributed by atoms with Crippen LogP contribution in [0.15, 0.2) is 53.0 Å². The zero-order valence-corrected chi connectivity index (χ0v) is 12.0. The Hall–Kier alpha value is -1.60. The molecule has 0 spiro atoms. The normalized spacial score (nSPS) is 9.16. The summed E-state index contributed by atoms with van der Waals surface area (Å²) in [6.07, 6.45) is 5.14. The highest BCUT2D eigenvalue weighted by atomic mass is 79.9. The van der Waals surface area contributed by atoms with Gasteiger partial charge in [-0.2, -0.15) is 0 Å². The summed E-state index contributed by atoms with van der Waals surface area (Å²) in [5, 5.41) is 17.3. The molecule has 0 aliphatic rings. The maximum Gasteiger partial charge on any atom is 0.0682 e. The minimum absolute atomic E-state index is 0.0511. The number of halogens is 1. The lowest BCUT2D eigenvalue weighted by Gasteiger charge is -1.94. The summed E-state index contributed by atoms with van der Waals surface area (Å²) in [6.45, 7) is 0.162. The standard InChI is InChI=1S/C9H8O.C7H7BrO/c1-2-8-4-3-5-9(6-8)7-10;8-7-3-1-2-6(4-7)5-9/h1,3-6,10H,7H2;1-4,9H,5H2. The molecule has 0 heterocycles. The van der Waals surface area contributed by atoms with Crippen LogP contribution in [-0.4, -0.2) is 10.2 Å². The first-order valence-electron chi connectivity index (χ1n) is 5.71. The lowest BCUT2D eigenvalue weighted by molar-refractivity contribution is 0.281. The van der Waals surface area contributed by atoms with Crippen LogP contribution >= 0.6 is 15.9 Å². The Morgan fingerprint density at radius 2 is 1.53 bits per heavy atom. The van der Waals surface area contributed by atoms with Crippen LogP contribution in [0.2, 0.25) is 0 Å². The van der Waals surface area contributed by atoms with E-state index in [0.29, 0.717) is 0 Å². The van der Waals surface area contributed by atoms with Crippen LogP contribution in [0, 0.1) is 12.3 Å². The lowest BCUT2D eigenvalue weighted by atomic mass is 10.1. The van der Waals surface area contributed by atoms with Crippen molar-refractivity contribution in [2.24, 2.45) is 0 Å². The van der Waals surface area contributed by atoms with Gasteiger partial charge in [-0.15, -0.1) is 6.42 Å². The van der Waals surface area contributed by atoms with E-state index in [-0.39, 0.29) is 13.2 Å². The van der Waals surface area contributed by atoms with Gasteiger partial charge in [-0.05, 0) is 35.4 Å². The van der Waals surface area contributed by atoms with Gasteiger partial charge in [0.1, 0.15) is 0 Å². The van der Waals surface area contributed by atoms with Gasteiger partial charge in [0, 0.05) is 10.0 Å². The van der Waals surface area contributed by atoms with E-state index in [1.807, 2.05) is 42.5 Å². The average molecular weight is 319 g/mol. The fraction of sp³-hybridized carbons (Fsp3) is 0.125. The molecule has 2 rings (SSSR count). The molecule has 0 saturated carbocycles. The predicted molar refractivity (Wildman–Crippen MR) is 80.4 cm³/mol. The molecule has 19 heavy (non-hydrogen) atoms. The Kier molecular flexibility index (Phi) is 6.91. The fourth-order valence-corrected chi connectivity index (χ4v) is 1.84. The van der Waals surface area contributed by atoms with Crippen molar-refractivity contribution >= 4 is 15.9 Å². The molecule has 98 valence electrons. The highest BCUT2D eigenvalue weighted by Crippen LogP contribution is 2.10. The Morgan fingerprint density at radius 3 is 2.00 bits per heavy atom. The quantitative estimate of drug-likeness (QED) is 0.835. The van der Waals surface area contributed by atoms with Crippen molar-refractivity contribution in [3.63, 3.8) is 0 Å². The van der Waals surface area contributed by atoms with Gasteiger partial charge in [0.25, 0.3) is 0 Å². The molecule has 0 fully saturated rings. The van der Waals surface area contributed by atoms with Crippen LogP contribution in [0.4, 0.5) is 0 Å². The first-order valence-corrected chi connectivity index (χ1v) is 6.50. The summed E-state index contributed by atoms with van der Waals surface area (Å²) >= 11 is 3.29. The maximum absolute atomic E-state index is 8.69. The third-order valence-corrected chi connectivity index (χ3v) is 2.84. The van der Waals surface area contributed by atoms with E-state index in [1.54, 1.807) is 6.07 Å². The van der Waals surface area contributed by atoms with Crippen molar-refractivity contribution in [2.75, 3.05) is 0 Å². The summed E-state index contributed by atoms with van der Waals surface area (Å²) in [5.74, 6) is 2.49. The second kappa shape index (κ2) is 8.49. The monoisotopic (exact) mass is 318 g/mol. The summed E-state index contributed by atoms with van der Waals surface area (Å²) in [7, 11) is 0. The first kappa shape index (κ1) is 15.5. The van der Waals surface area contributed by atoms with Gasteiger partial charge in [-0.25, -0.2) is 0 Å². The van der Waals surface area contributed by atoms with Crippen LogP contribution < -0.4 is 0 Å². The van der Waals surface area contributed by atoms with Gasteiger partial charge in [-0.1, -0.05) is 46.1 Å². The molecule has 0 atom stereocenters. The van der Waals surface area contributed by atoms with Crippen molar-refractivity contribution in [2.45, 2.75) is 13.2 Å². The summed E-state index contributed by atoms with van der Waals surface area (Å²) in [6, 6.07) is 14.9. The molecule has 0 aliphatic heterocycles. The van der Waals surface area contributed by atoms with Gasteiger partial charge in [0.15, 0.2) is 0 Å². The minimum Gasteiger partial charge on any atom is -0.392 e. The van der Waals surface area contributed by atoms with Crippen molar-refractivity contribution in [1.29, 1.82) is 0 Å². The third kappa shape index (κ3) is 5.71. The molecule has 0 aromatic heterocycles. The van der Waals surface area contributed by atoms with Gasteiger partial charge in [0.2, 0.25) is 0 Å². The minimum atomic E-state index is 0.0511. The van der Waals surface area contributed by atoms with Crippen molar-refractivity contribution in [3.8, 4) is 12.3 Å². The number of aliphatic hydroxyl groups is 2. The summed E-state index contributed by atoms with van der Waals surface area (Å²) in [5.41, 5.74) is 2.60.